The molecule has 0 N–H and O–H groups in total. The van der Waals surface area contributed by atoms with Gasteiger partial charge in [0.05, 0.1) is 6.10 Å². The average molecular weight is 259 g/mol. The number of benzene rings is 1. The number of aldehydes is 1. The molecule has 0 aliphatic rings. The second-order valence-electron chi connectivity index (χ2n) is 4.88. The van der Waals surface area contributed by atoms with Crippen molar-refractivity contribution in [2.45, 2.75) is 46.8 Å². The molecule has 102 valence electrons. The van der Waals surface area contributed by atoms with E-state index in [1.807, 2.05) is 32.0 Å². The van der Waals surface area contributed by atoms with Gasteiger partial charge in [0.2, 0.25) is 0 Å². The maximum absolute atomic E-state index is 11.3. The van der Waals surface area contributed by atoms with E-state index in [4.69, 9.17) is 4.74 Å². The van der Waals surface area contributed by atoms with Gasteiger partial charge in [-0.05, 0) is 45.4 Å². The fraction of sp³-hybridized carbons (Fsp3) is 0.438. The molecule has 0 aliphatic heterocycles. The lowest BCUT2D eigenvalue weighted by atomic mass is 10.1. The lowest BCUT2D eigenvalue weighted by molar-refractivity contribution is 0.112. The van der Waals surface area contributed by atoms with Crippen LogP contribution < -0.4 is 4.74 Å². The van der Waals surface area contributed by atoms with Crippen LogP contribution in [0.5, 0.6) is 5.75 Å². The van der Waals surface area contributed by atoms with E-state index in [0.717, 1.165) is 47.2 Å². The Hall–Kier alpha value is -1.77. The minimum atomic E-state index is 0.187. The number of hydrogen-bond donors (Lipinski definition) is 0. The summed E-state index contributed by atoms with van der Waals surface area (Å²) in [6, 6.07) is 6.00. The number of carbonyl (C=O) groups is 1. The highest BCUT2D eigenvalue weighted by molar-refractivity contribution is 6.00. The zero-order chi connectivity index (χ0) is 14.0. The van der Waals surface area contributed by atoms with Crippen LogP contribution in [-0.4, -0.2) is 17.0 Å². The van der Waals surface area contributed by atoms with E-state index >= 15 is 0 Å². The highest BCUT2D eigenvalue weighted by Gasteiger charge is 2.13. The predicted octanol–water partition coefficient (Wildman–Crippen LogP) is 3.96. The van der Waals surface area contributed by atoms with Crippen molar-refractivity contribution in [3.63, 3.8) is 0 Å². The molecule has 1 aromatic heterocycles. The Kier molecular flexibility index (Phi) is 3.93. The highest BCUT2D eigenvalue weighted by atomic mass is 16.5. The summed E-state index contributed by atoms with van der Waals surface area (Å²) < 4.78 is 7.99. The number of aromatic nitrogens is 1. The molecule has 3 heteroatoms. The van der Waals surface area contributed by atoms with Crippen molar-refractivity contribution in [1.29, 1.82) is 0 Å². The molecule has 0 spiro atoms. The standard InChI is InChI=1S/C16H21NO2/c1-5-11(3)19-13-7-8-16-14(9-13)15(10-18)12(4)17(16)6-2/h7-11H,5-6H2,1-4H3/t11-/m0/s1. The first-order valence-electron chi connectivity index (χ1n) is 6.87. The Morgan fingerprint density at radius 3 is 2.68 bits per heavy atom. The smallest absolute Gasteiger partial charge is 0.152 e. The topological polar surface area (TPSA) is 31.2 Å². The van der Waals surface area contributed by atoms with Crippen LogP contribution >= 0.6 is 0 Å². The number of carbonyl (C=O) groups excluding carboxylic acids is 1. The van der Waals surface area contributed by atoms with Crippen LogP contribution in [0.25, 0.3) is 10.9 Å². The summed E-state index contributed by atoms with van der Waals surface area (Å²) in [6.45, 7) is 9.08. The van der Waals surface area contributed by atoms with Gasteiger partial charge in [0.1, 0.15) is 5.75 Å². The van der Waals surface area contributed by atoms with Crippen molar-refractivity contribution in [2.75, 3.05) is 0 Å². The number of hydrogen-bond acceptors (Lipinski definition) is 2. The van der Waals surface area contributed by atoms with Gasteiger partial charge in [0.25, 0.3) is 0 Å². The van der Waals surface area contributed by atoms with E-state index in [1.165, 1.54) is 0 Å². The molecule has 1 atom stereocenters. The van der Waals surface area contributed by atoms with Crippen molar-refractivity contribution >= 4 is 17.2 Å². The number of aryl methyl sites for hydroxylation is 1. The highest BCUT2D eigenvalue weighted by Crippen LogP contribution is 2.28. The van der Waals surface area contributed by atoms with Gasteiger partial charge in [-0.3, -0.25) is 4.79 Å². The molecule has 0 bridgehead atoms. The van der Waals surface area contributed by atoms with Crippen LogP contribution in [0, 0.1) is 6.92 Å². The number of ether oxygens (including phenoxy) is 1. The van der Waals surface area contributed by atoms with E-state index in [0.29, 0.717) is 0 Å². The molecular formula is C16H21NO2. The zero-order valence-electron chi connectivity index (χ0n) is 12.1. The third kappa shape index (κ3) is 2.37. The first-order chi connectivity index (χ1) is 9.12. The van der Waals surface area contributed by atoms with E-state index < -0.39 is 0 Å². The molecule has 0 saturated carbocycles. The van der Waals surface area contributed by atoms with E-state index in [2.05, 4.69) is 18.4 Å². The van der Waals surface area contributed by atoms with Gasteiger partial charge in [-0.1, -0.05) is 6.92 Å². The lowest BCUT2D eigenvalue weighted by Crippen LogP contribution is -2.09. The lowest BCUT2D eigenvalue weighted by Gasteiger charge is -2.12. The molecule has 19 heavy (non-hydrogen) atoms. The quantitative estimate of drug-likeness (QED) is 0.761. The molecule has 1 aromatic carbocycles. The van der Waals surface area contributed by atoms with Crippen molar-refractivity contribution in [1.82, 2.24) is 4.57 Å². The van der Waals surface area contributed by atoms with Crippen molar-refractivity contribution in [3.05, 3.63) is 29.5 Å². The zero-order valence-corrected chi connectivity index (χ0v) is 12.1. The van der Waals surface area contributed by atoms with Gasteiger partial charge >= 0.3 is 0 Å². The first-order valence-corrected chi connectivity index (χ1v) is 6.87. The second-order valence-corrected chi connectivity index (χ2v) is 4.88. The molecule has 0 unspecified atom stereocenters. The molecule has 0 aliphatic carbocycles. The second kappa shape index (κ2) is 5.47. The van der Waals surface area contributed by atoms with Crippen LogP contribution in [0.1, 0.15) is 43.2 Å². The SMILES string of the molecule is CC[C@H](C)Oc1ccc2c(c1)c(C=O)c(C)n2CC. The number of fused-ring (bicyclic) bond motifs is 1. The largest absolute Gasteiger partial charge is 0.491 e. The van der Waals surface area contributed by atoms with Crippen LogP contribution in [-0.2, 0) is 6.54 Å². The van der Waals surface area contributed by atoms with Crippen LogP contribution in [0.4, 0.5) is 0 Å². The Labute approximate surface area is 114 Å². The third-order valence-electron chi connectivity index (χ3n) is 3.69. The molecular weight excluding hydrogens is 238 g/mol. The monoisotopic (exact) mass is 259 g/mol. The summed E-state index contributed by atoms with van der Waals surface area (Å²) >= 11 is 0. The maximum atomic E-state index is 11.3. The minimum Gasteiger partial charge on any atom is -0.491 e. The van der Waals surface area contributed by atoms with Crippen molar-refractivity contribution in [3.8, 4) is 5.75 Å². The van der Waals surface area contributed by atoms with Crippen LogP contribution in [0.15, 0.2) is 18.2 Å². The molecule has 0 radical (unpaired) electrons. The molecule has 0 saturated heterocycles. The van der Waals surface area contributed by atoms with Gasteiger partial charge in [0.15, 0.2) is 6.29 Å². The number of nitrogens with zero attached hydrogens (tertiary/aromatic N) is 1. The van der Waals surface area contributed by atoms with Crippen molar-refractivity contribution < 1.29 is 9.53 Å². The Bertz CT molecular complexity index is 598. The molecule has 2 aromatic rings. The van der Waals surface area contributed by atoms with Gasteiger partial charge in [0, 0.05) is 28.7 Å². The van der Waals surface area contributed by atoms with E-state index in [9.17, 15) is 4.79 Å². The fourth-order valence-corrected chi connectivity index (χ4v) is 2.43. The molecule has 1 heterocycles. The van der Waals surface area contributed by atoms with E-state index in [-0.39, 0.29) is 6.10 Å². The fourth-order valence-electron chi connectivity index (χ4n) is 2.43. The van der Waals surface area contributed by atoms with Crippen LogP contribution in [0.3, 0.4) is 0 Å². The van der Waals surface area contributed by atoms with Gasteiger partial charge in [-0.2, -0.15) is 0 Å². The first kappa shape index (κ1) is 13.7. The van der Waals surface area contributed by atoms with Crippen LogP contribution in [0.2, 0.25) is 0 Å². The third-order valence-corrected chi connectivity index (χ3v) is 3.69. The Morgan fingerprint density at radius 2 is 2.11 bits per heavy atom. The Balaban J connectivity index is 2.55. The van der Waals surface area contributed by atoms with Crippen molar-refractivity contribution in [2.24, 2.45) is 0 Å². The summed E-state index contributed by atoms with van der Waals surface area (Å²) in [7, 11) is 0. The van der Waals surface area contributed by atoms with Gasteiger partial charge in [-0.25, -0.2) is 0 Å². The molecule has 2 rings (SSSR count). The summed E-state index contributed by atoms with van der Waals surface area (Å²) in [5, 5.41) is 0.982. The van der Waals surface area contributed by atoms with Gasteiger partial charge < -0.3 is 9.30 Å². The summed E-state index contributed by atoms with van der Waals surface area (Å²) in [5.74, 6) is 0.832. The maximum Gasteiger partial charge on any atom is 0.152 e. The summed E-state index contributed by atoms with van der Waals surface area (Å²) in [6.07, 6.45) is 2.09. The normalized spacial score (nSPS) is 12.6. The molecule has 3 nitrogen and oxygen atoms in total. The minimum absolute atomic E-state index is 0.187. The molecule has 0 amide bonds. The predicted molar refractivity (Wildman–Crippen MR) is 78.1 cm³/mol. The average Bonchev–Trinajstić information content (AvgIpc) is 2.68. The molecule has 0 fully saturated rings. The van der Waals surface area contributed by atoms with E-state index in [1.54, 1.807) is 0 Å². The number of rotatable bonds is 5. The Morgan fingerprint density at radius 1 is 1.37 bits per heavy atom. The summed E-state index contributed by atoms with van der Waals surface area (Å²) in [4.78, 5) is 11.3. The summed E-state index contributed by atoms with van der Waals surface area (Å²) in [5.41, 5.74) is 2.89. The van der Waals surface area contributed by atoms with Gasteiger partial charge in [-0.15, -0.1) is 0 Å².